The third-order valence-corrected chi connectivity index (χ3v) is 6.77. The maximum atomic E-state index is 12.8. The number of aryl methyl sites for hydroxylation is 2. The van der Waals surface area contributed by atoms with E-state index in [9.17, 15) is 4.79 Å². The number of benzene rings is 1. The molecule has 1 saturated heterocycles. The number of hydrogen-bond acceptors (Lipinski definition) is 8. The predicted octanol–water partition coefficient (Wildman–Crippen LogP) is 2.05. The van der Waals surface area contributed by atoms with E-state index in [-0.39, 0.29) is 12.0 Å². The third kappa shape index (κ3) is 4.55. The second-order valence-corrected chi connectivity index (χ2v) is 8.87. The second-order valence-electron chi connectivity index (χ2n) is 8.87. The fraction of sp³-hybridized carbons (Fsp3) is 0.500. The standard InChI is InChI=1S/C24H30N6O4/c1-16-20(17(2)34-26-16)12-24(31)29-10-8-28(9-11-29)13-21-22-15-33-23(14-30(22)27-25-21)18-4-6-19(32-3)7-5-18/h4-7,23H,8-15H2,1-3H3/t23-/m1/s1. The van der Waals surface area contributed by atoms with Crippen LogP contribution < -0.4 is 4.74 Å². The number of aromatic nitrogens is 4. The molecule has 0 spiro atoms. The number of ether oxygens (including phenoxy) is 2. The Morgan fingerprint density at radius 3 is 2.59 bits per heavy atom. The number of piperazine rings is 1. The molecule has 10 heteroatoms. The van der Waals surface area contributed by atoms with Crippen molar-refractivity contribution in [3.05, 3.63) is 58.2 Å². The first-order valence-electron chi connectivity index (χ1n) is 11.6. The number of carbonyl (C=O) groups excluding carboxylic acids is 1. The van der Waals surface area contributed by atoms with Crippen LogP contribution in [0.4, 0.5) is 0 Å². The van der Waals surface area contributed by atoms with E-state index >= 15 is 0 Å². The summed E-state index contributed by atoms with van der Waals surface area (Å²) in [6.45, 7) is 8.54. The average Bonchev–Trinajstić information content (AvgIpc) is 3.41. The van der Waals surface area contributed by atoms with Crippen LogP contribution in [0.5, 0.6) is 5.75 Å². The van der Waals surface area contributed by atoms with Crippen LogP contribution >= 0.6 is 0 Å². The van der Waals surface area contributed by atoms with E-state index < -0.39 is 0 Å². The molecule has 34 heavy (non-hydrogen) atoms. The molecule has 0 bridgehead atoms. The molecule has 2 aliphatic rings. The zero-order valence-corrected chi connectivity index (χ0v) is 19.9. The fourth-order valence-corrected chi connectivity index (χ4v) is 4.59. The minimum Gasteiger partial charge on any atom is -0.497 e. The molecule has 0 saturated carbocycles. The van der Waals surface area contributed by atoms with E-state index in [1.54, 1.807) is 7.11 Å². The molecule has 1 atom stereocenters. The summed E-state index contributed by atoms with van der Waals surface area (Å²) >= 11 is 0. The minimum atomic E-state index is -0.0554. The molecular formula is C24H30N6O4. The first kappa shape index (κ1) is 22.5. The largest absolute Gasteiger partial charge is 0.497 e. The summed E-state index contributed by atoms with van der Waals surface area (Å²) in [6.07, 6.45) is 0.284. The lowest BCUT2D eigenvalue weighted by Gasteiger charge is -2.34. The van der Waals surface area contributed by atoms with Crippen molar-refractivity contribution in [1.29, 1.82) is 0 Å². The maximum absolute atomic E-state index is 12.8. The van der Waals surface area contributed by atoms with Gasteiger partial charge in [0, 0.05) is 38.3 Å². The number of rotatable bonds is 6. The SMILES string of the molecule is COc1ccc([C@H]2Cn3nnc(CN4CCN(C(=O)Cc5c(C)noc5C)CC4)c3CO2)cc1. The van der Waals surface area contributed by atoms with Gasteiger partial charge in [-0.3, -0.25) is 9.69 Å². The van der Waals surface area contributed by atoms with E-state index in [0.29, 0.717) is 39.2 Å². The maximum Gasteiger partial charge on any atom is 0.227 e. The lowest BCUT2D eigenvalue weighted by molar-refractivity contribution is -0.132. The van der Waals surface area contributed by atoms with Crippen molar-refractivity contribution in [2.75, 3.05) is 33.3 Å². The van der Waals surface area contributed by atoms with Gasteiger partial charge < -0.3 is 18.9 Å². The number of methoxy groups -OCH3 is 1. The molecule has 0 radical (unpaired) electrons. The quantitative estimate of drug-likeness (QED) is 0.544. The first-order valence-corrected chi connectivity index (χ1v) is 11.6. The number of carbonyl (C=O) groups is 1. The van der Waals surface area contributed by atoms with Crippen LogP contribution in [0.3, 0.4) is 0 Å². The van der Waals surface area contributed by atoms with E-state index in [1.807, 2.05) is 47.7 Å². The van der Waals surface area contributed by atoms with Gasteiger partial charge in [0.15, 0.2) is 0 Å². The van der Waals surface area contributed by atoms with Gasteiger partial charge in [0.05, 0.1) is 38.1 Å². The Morgan fingerprint density at radius 1 is 1.15 bits per heavy atom. The highest BCUT2D eigenvalue weighted by atomic mass is 16.5. The van der Waals surface area contributed by atoms with Gasteiger partial charge in [-0.2, -0.15) is 0 Å². The van der Waals surface area contributed by atoms with Crippen LogP contribution in [0.1, 0.15) is 40.1 Å². The average molecular weight is 467 g/mol. The van der Waals surface area contributed by atoms with Crippen molar-refractivity contribution >= 4 is 5.91 Å². The molecule has 3 aromatic rings. The molecule has 0 N–H and O–H groups in total. The van der Waals surface area contributed by atoms with Gasteiger partial charge in [0.2, 0.25) is 5.91 Å². The van der Waals surface area contributed by atoms with Gasteiger partial charge >= 0.3 is 0 Å². The Balaban J connectivity index is 1.15. The number of nitrogens with zero attached hydrogens (tertiary/aromatic N) is 6. The summed E-state index contributed by atoms with van der Waals surface area (Å²) in [4.78, 5) is 17.0. The van der Waals surface area contributed by atoms with Crippen LogP contribution in [0.25, 0.3) is 0 Å². The Kier molecular flexibility index (Phi) is 6.34. The Hall–Kier alpha value is -3.24. The van der Waals surface area contributed by atoms with Crippen LogP contribution in [0.15, 0.2) is 28.8 Å². The molecular weight excluding hydrogens is 436 g/mol. The summed E-state index contributed by atoms with van der Waals surface area (Å²) in [7, 11) is 1.66. The molecule has 0 unspecified atom stereocenters. The summed E-state index contributed by atoms with van der Waals surface area (Å²) in [5.74, 6) is 1.67. The zero-order chi connectivity index (χ0) is 23.7. The highest BCUT2D eigenvalue weighted by Gasteiger charge is 2.28. The first-order chi connectivity index (χ1) is 16.5. The third-order valence-electron chi connectivity index (χ3n) is 6.77. The molecule has 180 valence electrons. The Morgan fingerprint density at radius 2 is 1.91 bits per heavy atom. The van der Waals surface area contributed by atoms with Gasteiger partial charge in [-0.05, 0) is 31.5 Å². The smallest absolute Gasteiger partial charge is 0.227 e. The van der Waals surface area contributed by atoms with Crippen molar-refractivity contribution in [2.24, 2.45) is 0 Å². The van der Waals surface area contributed by atoms with E-state index in [4.69, 9.17) is 14.0 Å². The minimum absolute atomic E-state index is 0.0554. The van der Waals surface area contributed by atoms with Crippen LogP contribution in [-0.2, 0) is 35.6 Å². The molecule has 1 aromatic carbocycles. The number of amides is 1. The summed E-state index contributed by atoms with van der Waals surface area (Å²) in [6, 6.07) is 7.94. The normalized spacial score (nSPS) is 18.7. The van der Waals surface area contributed by atoms with Gasteiger partial charge in [-0.15, -0.1) is 5.10 Å². The van der Waals surface area contributed by atoms with Crippen molar-refractivity contribution in [1.82, 2.24) is 30.0 Å². The Labute approximate surface area is 198 Å². The highest BCUT2D eigenvalue weighted by molar-refractivity contribution is 5.79. The van der Waals surface area contributed by atoms with Crippen LogP contribution in [-0.4, -0.2) is 69.1 Å². The molecule has 10 nitrogen and oxygen atoms in total. The van der Waals surface area contributed by atoms with Crippen LogP contribution in [0.2, 0.25) is 0 Å². The van der Waals surface area contributed by atoms with Gasteiger partial charge in [-0.1, -0.05) is 22.5 Å². The van der Waals surface area contributed by atoms with Crippen molar-refractivity contribution < 1.29 is 18.8 Å². The van der Waals surface area contributed by atoms with Gasteiger partial charge in [-0.25, -0.2) is 4.68 Å². The lowest BCUT2D eigenvalue weighted by Crippen LogP contribution is -2.48. The molecule has 1 fully saturated rings. The van der Waals surface area contributed by atoms with E-state index in [2.05, 4.69) is 20.4 Å². The Bertz CT molecular complexity index is 1130. The predicted molar refractivity (Wildman–Crippen MR) is 122 cm³/mol. The number of hydrogen-bond donors (Lipinski definition) is 0. The van der Waals surface area contributed by atoms with E-state index in [1.165, 1.54) is 0 Å². The van der Waals surface area contributed by atoms with Gasteiger partial charge in [0.25, 0.3) is 0 Å². The molecule has 4 heterocycles. The summed E-state index contributed by atoms with van der Waals surface area (Å²) in [5, 5.41) is 12.8. The molecule has 5 rings (SSSR count). The summed E-state index contributed by atoms with van der Waals surface area (Å²) < 4.78 is 18.5. The lowest BCUT2D eigenvalue weighted by atomic mass is 10.1. The van der Waals surface area contributed by atoms with Crippen molar-refractivity contribution in [2.45, 2.75) is 46.1 Å². The second kappa shape index (κ2) is 9.55. The topological polar surface area (TPSA) is 98.8 Å². The van der Waals surface area contributed by atoms with Crippen molar-refractivity contribution in [3.63, 3.8) is 0 Å². The molecule has 0 aliphatic carbocycles. The van der Waals surface area contributed by atoms with Gasteiger partial charge in [0.1, 0.15) is 23.3 Å². The van der Waals surface area contributed by atoms with E-state index in [0.717, 1.165) is 52.8 Å². The fourth-order valence-electron chi connectivity index (χ4n) is 4.59. The monoisotopic (exact) mass is 466 g/mol. The molecule has 2 aromatic heterocycles. The summed E-state index contributed by atoms with van der Waals surface area (Å²) in [5.41, 5.74) is 4.76. The molecule has 2 aliphatic heterocycles. The highest BCUT2D eigenvalue weighted by Crippen LogP contribution is 2.28. The zero-order valence-electron chi connectivity index (χ0n) is 19.9. The molecule has 1 amide bonds. The van der Waals surface area contributed by atoms with Crippen LogP contribution in [0, 0.1) is 13.8 Å². The number of fused-ring (bicyclic) bond motifs is 1. The van der Waals surface area contributed by atoms with Crippen molar-refractivity contribution in [3.8, 4) is 5.75 Å².